The van der Waals surface area contributed by atoms with Crippen molar-refractivity contribution in [2.45, 2.75) is 13.1 Å². The van der Waals surface area contributed by atoms with E-state index in [4.69, 9.17) is 14.8 Å². The maximum atomic E-state index is 12.1. The average molecular weight is 299 g/mol. The molecule has 0 aromatic heterocycles. The standard InChI is InChI=1S/C15H14BNO5/c18-15(17-9-11-3-1-2-4-12(11)10-17)21-13-5-7-14(8-6-13)22-16(19)20/h1-8,19-20H,9-10H2. The van der Waals surface area contributed by atoms with Crippen LogP contribution in [0.3, 0.4) is 0 Å². The van der Waals surface area contributed by atoms with Crippen molar-refractivity contribution in [3.05, 3.63) is 59.7 Å². The number of hydrogen-bond donors (Lipinski definition) is 2. The third kappa shape index (κ3) is 3.21. The fraction of sp³-hybridized carbons (Fsp3) is 0.133. The van der Waals surface area contributed by atoms with Gasteiger partial charge in [-0.2, -0.15) is 0 Å². The predicted octanol–water partition coefficient (Wildman–Crippen LogP) is 1.55. The van der Waals surface area contributed by atoms with E-state index < -0.39 is 13.4 Å². The summed E-state index contributed by atoms with van der Waals surface area (Å²) < 4.78 is 9.97. The van der Waals surface area contributed by atoms with Crippen molar-refractivity contribution in [2.75, 3.05) is 0 Å². The molecule has 2 aromatic rings. The fourth-order valence-electron chi connectivity index (χ4n) is 2.34. The highest BCUT2D eigenvalue weighted by Gasteiger charge is 2.24. The van der Waals surface area contributed by atoms with Crippen LogP contribution < -0.4 is 9.39 Å². The van der Waals surface area contributed by atoms with Gasteiger partial charge in [-0.15, -0.1) is 0 Å². The SMILES string of the molecule is O=C(Oc1ccc(OB(O)O)cc1)N1Cc2ccccc2C1. The molecule has 112 valence electrons. The molecule has 3 rings (SSSR count). The van der Waals surface area contributed by atoms with Gasteiger partial charge in [0.15, 0.2) is 0 Å². The van der Waals surface area contributed by atoms with Gasteiger partial charge in [0.1, 0.15) is 11.5 Å². The fourth-order valence-corrected chi connectivity index (χ4v) is 2.34. The first-order valence-corrected chi connectivity index (χ1v) is 6.78. The van der Waals surface area contributed by atoms with Crippen LogP contribution in [-0.4, -0.2) is 28.4 Å². The average Bonchev–Trinajstić information content (AvgIpc) is 2.93. The molecule has 0 radical (unpaired) electrons. The molecule has 0 spiro atoms. The number of fused-ring (bicyclic) bond motifs is 1. The monoisotopic (exact) mass is 299 g/mol. The molecular formula is C15H14BNO5. The van der Waals surface area contributed by atoms with Gasteiger partial charge in [0.05, 0.1) is 0 Å². The van der Waals surface area contributed by atoms with E-state index in [0.29, 0.717) is 18.8 Å². The number of hydrogen-bond acceptors (Lipinski definition) is 5. The topological polar surface area (TPSA) is 79.2 Å². The van der Waals surface area contributed by atoms with Crippen molar-refractivity contribution in [1.82, 2.24) is 4.90 Å². The molecule has 0 aliphatic carbocycles. The summed E-state index contributed by atoms with van der Waals surface area (Å²) in [6, 6.07) is 13.9. The Balaban J connectivity index is 1.61. The van der Waals surface area contributed by atoms with Crippen LogP contribution in [0.5, 0.6) is 11.5 Å². The summed E-state index contributed by atoms with van der Waals surface area (Å²) in [5, 5.41) is 17.4. The maximum Gasteiger partial charge on any atom is 0.707 e. The largest absolute Gasteiger partial charge is 0.707 e. The number of rotatable bonds is 3. The molecular weight excluding hydrogens is 285 g/mol. The first kappa shape index (κ1) is 14.4. The highest BCUT2D eigenvalue weighted by Crippen LogP contribution is 2.24. The smallest absolute Gasteiger partial charge is 0.512 e. The lowest BCUT2D eigenvalue weighted by Gasteiger charge is -2.15. The summed E-state index contributed by atoms with van der Waals surface area (Å²) in [4.78, 5) is 13.8. The van der Waals surface area contributed by atoms with Crippen LogP contribution in [-0.2, 0) is 13.1 Å². The van der Waals surface area contributed by atoms with Crippen molar-refractivity contribution in [3.8, 4) is 11.5 Å². The summed E-state index contributed by atoms with van der Waals surface area (Å²) in [7, 11) is -1.88. The number of carbonyl (C=O) groups is 1. The second kappa shape index (κ2) is 6.09. The molecule has 0 unspecified atom stereocenters. The summed E-state index contributed by atoms with van der Waals surface area (Å²) in [5.41, 5.74) is 2.25. The number of amides is 1. The molecule has 22 heavy (non-hydrogen) atoms. The lowest BCUT2D eigenvalue weighted by atomic mass is 10.1. The van der Waals surface area contributed by atoms with E-state index in [0.717, 1.165) is 11.1 Å². The van der Waals surface area contributed by atoms with Crippen LogP contribution >= 0.6 is 0 Å². The van der Waals surface area contributed by atoms with Gasteiger partial charge in [-0.1, -0.05) is 24.3 Å². The van der Waals surface area contributed by atoms with Crippen molar-refractivity contribution in [1.29, 1.82) is 0 Å². The van der Waals surface area contributed by atoms with Crippen LogP contribution in [0.4, 0.5) is 4.79 Å². The van der Waals surface area contributed by atoms with Gasteiger partial charge in [-0.25, -0.2) is 4.79 Å². The van der Waals surface area contributed by atoms with E-state index in [1.165, 1.54) is 24.3 Å². The van der Waals surface area contributed by atoms with Crippen molar-refractivity contribution < 1.29 is 24.2 Å². The number of nitrogens with zero attached hydrogens (tertiary/aromatic N) is 1. The minimum absolute atomic E-state index is 0.267. The molecule has 0 saturated carbocycles. The van der Waals surface area contributed by atoms with Gasteiger partial charge in [0.2, 0.25) is 0 Å². The molecule has 0 bridgehead atoms. The molecule has 2 aromatic carbocycles. The van der Waals surface area contributed by atoms with Gasteiger partial charge in [-0.3, -0.25) is 4.90 Å². The van der Waals surface area contributed by atoms with E-state index in [9.17, 15) is 4.79 Å². The molecule has 7 heteroatoms. The quantitative estimate of drug-likeness (QED) is 0.841. The molecule has 6 nitrogen and oxygen atoms in total. The minimum atomic E-state index is -1.88. The Morgan fingerprint density at radius 1 is 0.955 bits per heavy atom. The van der Waals surface area contributed by atoms with Crippen LogP contribution in [0.25, 0.3) is 0 Å². The normalized spacial score (nSPS) is 12.7. The lowest BCUT2D eigenvalue weighted by molar-refractivity contribution is 0.152. The van der Waals surface area contributed by atoms with Crippen molar-refractivity contribution in [2.24, 2.45) is 0 Å². The van der Waals surface area contributed by atoms with Crippen molar-refractivity contribution >= 4 is 13.4 Å². The van der Waals surface area contributed by atoms with E-state index >= 15 is 0 Å². The number of benzene rings is 2. The summed E-state index contributed by atoms with van der Waals surface area (Å²) in [6.45, 7) is 1.07. The first-order chi connectivity index (χ1) is 10.6. The zero-order valence-corrected chi connectivity index (χ0v) is 11.7. The second-order valence-corrected chi connectivity index (χ2v) is 4.91. The zero-order chi connectivity index (χ0) is 15.5. The van der Waals surface area contributed by atoms with Crippen molar-refractivity contribution in [3.63, 3.8) is 0 Å². The lowest BCUT2D eigenvalue weighted by Crippen LogP contribution is -2.28. The van der Waals surface area contributed by atoms with Crippen LogP contribution in [0.2, 0.25) is 0 Å². The summed E-state index contributed by atoms with van der Waals surface area (Å²) >= 11 is 0. The van der Waals surface area contributed by atoms with E-state index in [1.54, 1.807) is 4.90 Å². The predicted molar refractivity (Wildman–Crippen MR) is 79.0 cm³/mol. The van der Waals surface area contributed by atoms with Crippen LogP contribution in [0, 0.1) is 0 Å². The summed E-state index contributed by atoms with van der Waals surface area (Å²) in [6.07, 6.45) is -0.424. The van der Waals surface area contributed by atoms with Gasteiger partial charge >= 0.3 is 13.4 Å². The Morgan fingerprint density at radius 3 is 2.05 bits per heavy atom. The molecule has 1 aliphatic heterocycles. The first-order valence-electron chi connectivity index (χ1n) is 6.78. The Kier molecular flexibility index (Phi) is 3.99. The highest BCUT2D eigenvalue weighted by molar-refractivity contribution is 6.33. The Hall–Kier alpha value is -2.51. The van der Waals surface area contributed by atoms with E-state index in [-0.39, 0.29) is 5.75 Å². The Labute approximate surface area is 127 Å². The van der Waals surface area contributed by atoms with Crippen LogP contribution in [0.1, 0.15) is 11.1 Å². The minimum Gasteiger partial charge on any atom is -0.512 e. The Morgan fingerprint density at radius 2 is 1.50 bits per heavy atom. The molecule has 0 atom stereocenters. The highest BCUT2D eigenvalue weighted by atomic mass is 16.6. The molecule has 0 saturated heterocycles. The second-order valence-electron chi connectivity index (χ2n) is 4.91. The van der Waals surface area contributed by atoms with Gasteiger partial charge < -0.3 is 19.4 Å². The van der Waals surface area contributed by atoms with Gasteiger partial charge in [0.25, 0.3) is 0 Å². The third-order valence-electron chi connectivity index (χ3n) is 3.37. The van der Waals surface area contributed by atoms with E-state index in [1.807, 2.05) is 24.3 Å². The molecule has 1 aliphatic rings. The molecule has 2 N–H and O–H groups in total. The number of ether oxygens (including phenoxy) is 1. The van der Waals surface area contributed by atoms with Gasteiger partial charge in [-0.05, 0) is 35.4 Å². The van der Waals surface area contributed by atoms with Gasteiger partial charge in [0, 0.05) is 13.1 Å². The summed E-state index contributed by atoms with van der Waals surface area (Å²) in [5.74, 6) is 0.629. The molecule has 0 fully saturated rings. The third-order valence-corrected chi connectivity index (χ3v) is 3.37. The van der Waals surface area contributed by atoms with Crippen LogP contribution in [0.15, 0.2) is 48.5 Å². The number of carbonyl (C=O) groups excluding carboxylic acids is 1. The molecule has 1 amide bonds. The zero-order valence-electron chi connectivity index (χ0n) is 11.7. The maximum absolute atomic E-state index is 12.1. The molecule has 1 heterocycles. The van der Waals surface area contributed by atoms with E-state index in [2.05, 4.69) is 4.65 Å². The Bertz CT molecular complexity index is 649.